The Labute approximate surface area is 105 Å². The van der Waals surface area contributed by atoms with Crippen LogP contribution in [0, 0.1) is 11.6 Å². The first kappa shape index (κ1) is 12.3. The minimum Gasteiger partial charge on any atom is -0.472 e. The zero-order valence-corrected chi connectivity index (χ0v) is 10.5. The van der Waals surface area contributed by atoms with Crippen molar-refractivity contribution < 1.29 is 23.0 Å². The average molecular weight is 307 g/mol. The number of hydrogen-bond donors (Lipinski definition) is 0. The van der Waals surface area contributed by atoms with E-state index in [0.717, 1.165) is 0 Å². The van der Waals surface area contributed by atoms with Gasteiger partial charge in [0, 0.05) is 12.8 Å². The molecule has 0 amide bonds. The molecule has 0 spiro atoms. The van der Waals surface area contributed by atoms with E-state index >= 15 is 0 Å². The van der Waals surface area contributed by atoms with Gasteiger partial charge < -0.3 is 9.47 Å². The second kappa shape index (κ2) is 4.25. The molecule has 0 radical (unpaired) electrons. The fourth-order valence-corrected chi connectivity index (χ4v) is 1.75. The SMILES string of the molecule is COC(=O)C1(Oc2ccc(Br)c(F)c2F)CC1. The van der Waals surface area contributed by atoms with Crippen LogP contribution in [0.25, 0.3) is 0 Å². The number of carbonyl (C=O) groups is 1. The van der Waals surface area contributed by atoms with Crippen molar-refractivity contribution in [3.63, 3.8) is 0 Å². The summed E-state index contributed by atoms with van der Waals surface area (Å²) < 4.78 is 36.5. The Morgan fingerprint density at radius 1 is 1.35 bits per heavy atom. The van der Waals surface area contributed by atoms with E-state index < -0.39 is 23.2 Å². The van der Waals surface area contributed by atoms with Crippen molar-refractivity contribution >= 4 is 21.9 Å². The van der Waals surface area contributed by atoms with Crippen LogP contribution in [0.1, 0.15) is 12.8 Å². The van der Waals surface area contributed by atoms with E-state index in [1.165, 1.54) is 19.2 Å². The number of rotatable bonds is 3. The van der Waals surface area contributed by atoms with E-state index in [2.05, 4.69) is 20.7 Å². The summed E-state index contributed by atoms with van der Waals surface area (Å²) in [6.45, 7) is 0. The van der Waals surface area contributed by atoms with Crippen LogP contribution in [0.5, 0.6) is 5.75 Å². The van der Waals surface area contributed by atoms with Crippen molar-refractivity contribution in [2.45, 2.75) is 18.4 Å². The summed E-state index contributed by atoms with van der Waals surface area (Å²) in [5.41, 5.74) is -1.14. The highest BCUT2D eigenvalue weighted by Crippen LogP contribution is 2.42. The van der Waals surface area contributed by atoms with E-state index in [9.17, 15) is 13.6 Å². The van der Waals surface area contributed by atoms with Gasteiger partial charge in [-0.15, -0.1) is 0 Å². The quantitative estimate of drug-likeness (QED) is 0.636. The molecule has 6 heteroatoms. The first-order chi connectivity index (χ1) is 8.00. The molecule has 0 aromatic heterocycles. The van der Waals surface area contributed by atoms with Gasteiger partial charge in [0.1, 0.15) is 0 Å². The van der Waals surface area contributed by atoms with E-state index in [1.807, 2.05) is 0 Å². The molecule has 0 N–H and O–H groups in total. The molecule has 0 aliphatic heterocycles. The maximum absolute atomic E-state index is 13.5. The summed E-state index contributed by atoms with van der Waals surface area (Å²) >= 11 is 2.86. The summed E-state index contributed by atoms with van der Waals surface area (Å²) in [6.07, 6.45) is 0.883. The van der Waals surface area contributed by atoms with Crippen LogP contribution >= 0.6 is 15.9 Å². The van der Waals surface area contributed by atoms with Gasteiger partial charge >= 0.3 is 5.97 Å². The monoisotopic (exact) mass is 306 g/mol. The molecular weight excluding hydrogens is 298 g/mol. The molecule has 0 bridgehead atoms. The van der Waals surface area contributed by atoms with E-state index in [1.54, 1.807) is 0 Å². The van der Waals surface area contributed by atoms with Crippen molar-refractivity contribution in [1.82, 2.24) is 0 Å². The number of halogens is 3. The molecule has 17 heavy (non-hydrogen) atoms. The topological polar surface area (TPSA) is 35.5 Å². The van der Waals surface area contributed by atoms with Crippen LogP contribution in [0.3, 0.4) is 0 Å². The predicted octanol–water partition coefficient (Wildman–Crippen LogP) is 2.81. The molecule has 1 saturated carbocycles. The smallest absolute Gasteiger partial charge is 0.350 e. The van der Waals surface area contributed by atoms with Crippen molar-refractivity contribution in [1.29, 1.82) is 0 Å². The number of ether oxygens (including phenoxy) is 2. The molecule has 92 valence electrons. The van der Waals surface area contributed by atoms with Gasteiger partial charge in [0.05, 0.1) is 11.6 Å². The third-order valence-corrected chi connectivity index (χ3v) is 3.18. The number of esters is 1. The Kier molecular flexibility index (Phi) is 3.07. The van der Waals surface area contributed by atoms with Gasteiger partial charge in [0.2, 0.25) is 11.4 Å². The van der Waals surface area contributed by atoms with Gasteiger partial charge in [0.15, 0.2) is 11.6 Å². The lowest BCUT2D eigenvalue weighted by Crippen LogP contribution is -2.31. The zero-order chi connectivity index (χ0) is 12.6. The van der Waals surface area contributed by atoms with E-state index in [4.69, 9.17) is 4.74 Å². The maximum atomic E-state index is 13.5. The largest absolute Gasteiger partial charge is 0.472 e. The average Bonchev–Trinajstić information content (AvgIpc) is 3.10. The number of hydrogen-bond acceptors (Lipinski definition) is 3. The maximum Gasteiger partial charge on any atom is 0.350 e. The zero-order valence-electron chi connectivity index (χ0n) is 8.93. The standard InChI is InChI=1S/C11H9BrF2O3/c1-16-10(15)11(4-5-11)17-7-3-2-6(12)8(13)9(7)14/h2-3H,4-5H2,1H3. The van der Waals surface area contributed by atoms with Crippen molar-refractivity contribution in [2.75, 3.05) is 7.11 Å². The Balaban J connectivity index is 2.26. The predicted molar refractivity (Wildman–Crippen MR) is 58.7 cm³/mol. The van der Waals surface area contributed by atoms with Gasteiger partial charge in [0.25, 0.3) is 0 Å². The highest BCUT2D eigenvalue weighted by Gasteiger charge is 2.54. The molecule has 1 aliphatic rings. The summed E-state index contributed by atoms with van der Waals surface area (Å²) in [6, 6.07) is 2.59. The fourth-order valence-electron chi connectivity index (χ4n) is 1.44. The molecule has 2 rings (SSSR count). The van der Waals surface area contributed by atoms with Crippen molar-refractivity contribution in [3.05, 3.63) is 28.2 Å². The molecule has 0 saturated heterocycles. The lowest BCUT2D eigenvalue weighted by atomic mass is 10.3. The highest BCUT2D eigenvalue weighted by molar-refractivity contribution is 9.10. The summed E-state index contributed by atoms with van der Waals surface area (Å²) in [5.74, 6) is -3.01. The van der Waals surface area contributed by atoms with Gasteiger partial charge in [-0.1, -0.05) is 0 Å². The molecular formula is C11H9BrF2O3. The molecule has 0 atom stereocenters. The highest BCUT2D eigenvalue weighted by atomic mass is 79.9. The Hall–Kier alpha value is -1.17. The first-order valence-corrected chi connectivity index (χ1v) is 5.70. The molecule has 1 aromatic rings. The number of methoxy groups -OCH3 is 1. The van der Waals surface area contributed by atoms with Crippen molar-refractivity contribution in [2.24, 2.45) is 0 Å². The fraction of sp³-hybridized carbons (Fsp3) is 0.364. The Bertz CT molecular complexity index is 472. The van der Waals surface area contributed by atoms with E-state index in [0.29, 0.717) is 12.8 Å². The minimum absolute atomic E-state index is 0.00487. The number of carbonyl (C=O) groups excluding carboxylic acids is 1. The normalized spacial score (nSPS) is 16.5. The molecule has 1 aromatic carbocycles. The van der Waals surface area contributed by atoms with Crippen LogP contribution < -0.4 is 4.74 Å². The molecule has 0 heterocycles. The number of benzene rings is 1. The van der Waals surface area contributed by atoms with Crippen LogP contribution in [0.2, 0.25) is 0 Å². The molecule has 1 fully saturated rings. The van der Waals surface area contributed by atoms with Crippen LogP contribution in [-0.4, -0.2) is 18.7 Å². The summed E-state index contributed by atoms with van der Waals surface area (Å²) in [4.78, 5) is 11.4. The Morgan fingerprint density at radius 3 is 2.53 bits per heavy atom. The minimum atomic E-state index is -1.14. The first-order valence-electron chi connectivity index (χ1n) is 4.91. The summed E-state index contributed by atoms with van der Waals surface area (Å²) in [7, 11) is 1.23. The van der Waals surface area contributed by atoms with E-state index in [-0.39, 0.29) is 10.2 Å². The van der Waals surface area contributed by atoms with Crippen LogP contribution in [0.4, 0.5) is 8.78 Å². The lowest BCUT2D eigenvalue weighted by molar-refractivity contribution is -0.151. The van der Waals surface area contributed by atoms with Gasteiger partial charge in [-0.05, 0) is 28.1 Å². The third kappa shape index (κ3) is 2.13. The lowest BCUT2D eigenvalue weighted by Gasteiger charge is -2.16. The third-order valence-electron chi connectivity index (χ3n) is 2.57. The van der Waals surface area contributed by atoms with Gasteiger partial charge in [-0.2, -0.15) is 4.39 Å². The van der Waals surface area contributed by atoms with Crippen LogP contribution in [-0.2, 0) is 9.53 Å². The second-order valence-corrected chi connectivity index (χ2v) is 4.62. The second-order valence-electron chi connectivity index (χ2n) is 3.76. The molecule has 0 unspecified atom stereocenters. The van der Waals surface area contributed by atoms with Crippen LogP contribution in [0.15, 0.2) is 16.6 Å². The van der Waals surface area contributed by atoms with Gasteiger partial charge in [-0.25, -0.2) is 9.18 Å². The van der Waals surface area contributed by atoms with Gasteiger partial charge in [-0.3, -0.25) is 0 Å². The molecule has 1 aliphatic carbocycles. The summed E-state index contributed by atoms with van der Waals surface area (Å²) in [5, 5.41) is 0. The Morgan fingerprint density at radius 2 is 2.00 bits per heavy atom. The molecule has 3 nitrogen and oxygen atoms in total. The van der Waals surface area contributed by atoms with Crippen molar-refractivity contribution in [3.8, 4) is 5.75 Å².